The number of carbonyl (C=O) groups excluding carboxylic acids is 1. The Kier molecular flexibility index (Phi) is 5.04. The number of benzene rings is 2. The van der Waals surface area contributed by atoms with Gasteiger partial charge in [-0.2, -0.15) is 0 Å². The molecule has 3 N–H and O–H groups in total. The average Bonchev–Trinajstić information content (AvgIpc) is 2.49. The van der Waals surface area contributed by atoms with Crippen molar-refractivity contribution in [2.45, 2.75) is 33.3 Å². The van der Waals surface area contributed by atoms with Crippen LogP contribution < -0.4 is 15.8 Å². The summed E-state index contributed by atoms with van der Waals surface area (Å²) in [6, 6.07) is 13.1. The molecule has 4 heteroatoms. The van der Waals surface area contributed by atoms with Crippen molar-refractivity contribution >= 4 is 17.3 Å². The number of hydrogen-bond donors (Lipinski definition) is 2. The maximum Gasteiger partial charge on any atom is 0.265 e. The van der Waals surface area contributed by atoms with E-state index in [1.807, 2.05) is 51.1 Å². The third-order valence-corrected chi connectivity index (χ3v) is 3.47. The molecule has 0 heterocycles. The molecule has 0 aliphatic heterocycles. The van der Waals surface area contributed by atoms with E-state index < -0.39 is 6.10 Å². The molecule has 4 nitrogen and oxygen atoms in total. The second-order valence-electron chi connectivity index (χ2n) is 5.39. The van der Waals surface area contributed by atoms with Crippen molar-refractivity contribution in [3.8, 4) is 5.75 Å². The van der Waals surface area contributed by atoms with Crippen LogP contribution in [0, 0.1) is 13.8 Å². The summed E-state index contributed by atoms with van der Waals surface area (Å²) in [4.78, 5) is 12.4. The summed E-state index contributed by atoms with van der Waals surface area (Å²) in [6.45, 7) is 5.85. The highest BCUT2D eigenvalue weighted by molar-refractivity contribution is 5.95. The maximum atomic E-state index is 12.4. The number of ether oxygens (including phenoxy) is 1. The molecule has 116 valence electrons. The van der Waals surface area contributed by atoms with E-state index >= 15 is 0 Å². The van der Waals surface area contributed by atoms with E-state index in [1.54, 1.807) is 12.1 Å². The summed E-state index contributed by atoms with van der Waals surface area (Å²) in [7, 11) is 0. The van der Waals surface area contributed by atoms with Gasteiger partial charge in [-0.15, -0.1) is 0 Å². The molecular weight excluding hydrogens is 276 g/mol. The van der Waals surface area contributed by atoms with Gasteiger partial charge in [-0.25, -0.2) is 0 Å². The predicted octanol–water partition coefficient (Wildman–Crippen LogP) is 3.68. The SMILES string of the molecule is CC[C@H](Oc1ccc(C)cc1)C(=O)Nc1ccc(N)cc1C. The molecule has 0 aromatic heterocycles. The molecule has 2 aromatic rings. The van der Waals surface area contributed by atoms with Crippen molar-refractivity contribution in [3.63, 3.8) is 0 Å². The van der Waals surface area contributed by atoms with Crippen LogP contribution in [0.5, 0.6) is 5.75 Å². The van der Waals surface area contributed by atoms with Crippen molar-refractivity contribution < 1.29 is 9.53 Å². The fourth-order valence-electron chi connectivity index (χ4n) is 2.14. The quantitative estimate of drug-likeness (QED) is 0.828. The number of nitrogen functional groups attached to an aromatic ring is 1. The molecule has 1 atom stereocenters. The lowest BCUT2D eigenvalue weighted by Gasteiger charge is -2.18. The van der Waals surface area contributed by atoms with Crippen LogP contribution in [0.2, 0.25) is 0 Å². The smallest absolute Gasteiger partial charge is 0.265 e. The normalized spacial score (nSPS) is 11.8. The van der Waals surface area contributed by atoms with Crippen molar-refractivity contribution in [1.82, 2.24) is 0 Å². The summed E-state index contributed by atoms with van der Waals surface area (Å²) in [5, 5.41) is 2.90. The van der Waals surface area contributed by atoms with Crippen LogP contribution in [-0.2, 0) is 4.79 Å². The van der Waals surface area contributed by atoms with Gasteiger partial charge in [0.15, 0.2) is 6.10 Å². The topological polar surface area (TPSA) is 64.3 Å². The highest BCUT2D eigenvalue weighted by Crippen LogP contribution is 2.19. The summed E-state index contributed by atoms with van der Waals surface area (Å²) in [5.41, 5.74) is 9.24. The van der Waals surface area contributed by atoms with E-state index in [2.05, 4.69) is 5.32 Å². The minimum absolute atomic E-state index is 0.157. The van der Waals surface area contributed by atoms with E-state index in [0.717, 1.165) is 16.8 Å². The molecule has 0 aliphatic carbocycles. The fraction of sp³-hybridized carbons (Fsp3) is 0.278. The first-order chi connectivity index (χ1) is 10.5. The highest BCUT2D eigenvalue weighted by atomic mass is 16.5. The van der Waals surface area contributed by atoms with E-state index in [0.29, 0.717) is 17.9 Å². The number of hydrogen-bond acceptors (Lipinski definition) is 3. The lowest BCUT2D eigenvalue weighted by atomic mass is 10.1. The summed E-state index contributed by atoms with van der Waals surface area (Å²) in [6.07, 6.45) is 0.0629. The van der Waals surface area contributed by atoms with Crippen molar-refractivity contribution in [1.29, 1.82) is 0 Å². The van der Waals surface area contributed by atoms with E-state index in [-0.39, 0.29) is 5.91 Å². The van der Waals surface area contributed by atoms with Crippen LogP contribution in [-0.4, -0.2) is 12.0 Å². The number of amides is 1. The highest BCUT2D eigenvalue weighted by Gasteiger charge is 2.19. The van der Waals surface area contributed by atoms with E-state index in [1.165, 1.54) is 0 Å². The molecular formula is C18H22N2O2. The first-order valence-corrected chi connectivity index (χ1v) is 7.40. The average molecular weight is 298 g/mol. The van der Waals surface area contributed by atoms with Crippen molar-refractivity contribution in [2.24, 2.45) is 0 Å². The lowest BCUT2D eigenvalue weighted by molar-refractivity contribution is -0.122. The summed E-state index contributed by atoms with van der Waals surface area (Å²) < 4.78 is 5.78. The van der Waals surface area contributed by atoms with Gasteiger partial charge in [0.05, 0.1) is 0 Å². The molecule has 0 saturated carbocycles. The van der Waals surface area contributed by atoms with Gasteiger partial charge in [-0.3, -0.25) is 4.79 Å². The van der Waals surface area contributed by atoms with Gasteiger partial charge < -0.3 is 15.8 Å². The molecule has 2 aromatic carbocycles. The Labute approximate surface area is 131 Å². The van der Waals surface area contributed by atoms with Crippen LogP contribution >= 0.6 is 0 Å². The molecule has 1 amide bonds. The number of carbonyl (C=O) groups is 1. The molecule has 0 bridgehead atoms. The Hall–Kier alpha value is -2.49. The van der Waals surface area contributed by atoms with Crippen molar-refractivity contribution in [3.05, 3.63) is 53.6 Å². The molecule has 0 spiro atoms. The van der Waals surface area contributed by atoms with Crippen LogP contribution in [0.3, 0.4) is 0 Å². The zero-order valence-electron chi connectivity index (χ0n) is 13.2. The minimum Gasteiger partial charge on any atom is -0.481 e. The van der Waals surface area contributed by atoms with Gasteiger partial charge in [-0.05, 0) is 56.2 Å². The number of anilines is 2. The number of rotatable bonds is 5. The fourth-order valence-corrected chi connectivity index (χ4v) is 2.14. The Morgan fingerprint density at radius 2 is 1.86 bits per heavy atom. The van der Waals surface area contributed by atoms with Crippen molar-refractivity contribution in [2.75, 3.05) is 11.1 Å². The second kappa shape index (κ2) is 6.98. The van der Waals surface area contributed by atoms with Gasteiger partial charge in [0.1, 0.15) is 5.75 Å². The molecule has 0 saturated heterocycles. The lowest BCUT2D eigenvalue weighted by Crippen LogP contribution is -2.32. The van der Waals surface area contributed by atoms with Crippen LogP contribution in [0.4, 0.5) is 11.4 Å². The third-order valence-electron chi connectivity index (χ3n) is 3.47. The first-order valence-electron chi connectivity index (χ1n) is 7.40. The first kappa shape index (κ1) is 15.9. The molecule has 0 aliphatic rings. The number of nitrogens with one attached hydrogen (secondary N) is 1. The third kappa shape index (κ3) is 4.01. The van der Waals surface area contributed by atoms with Gasteiger partial charge in [0.25, 0.3) is 5.91 Å². The molecule has 2 rings (SSSR count). The Morgan fingerprint density at radius 3 is 2.45 bits per heavy atom. The van der Waals surface area contributed by atoms with Gasteiger partial charge >= 0.3 is 0 Å². The van der Waals surface area contributed by atoms with Crippen LogP contribution in [0.1, 0.15) is 24.5 Å². The standard InChI is InChI=1S/C18H22N2O2/c1-4-17(22-15-8-5-12(2)6-9-15)18(21)20-16-10-7-14(19)11-13(16)3/h5-11,17H,4,19H2,1-3H3,(H,20,21)/t17-/m0/s1. The van der Waals surface area contributed by atoms with Gasteiger partial charge in [0.2, 0.25) is 0 Å². The Morgan fingerprint density at radius 1 is 1.18 bits per heavy atom. The Balaban J connectivity index is 2.06. The zero-order valence-corrected chi connectivity index (χ0v) is 13.2. The summed E-state index contributed by atoms with van der Waals surface area (Å²) in [5.74, 6) is 0.539. The second-order valence-corrected chi connectivity index (χ2v) is 5.39. The van der Waals surface area contributed by atoms with Gasteiger partial charge in [0, 0.05) is 11.4 Å². The van der Waals surface area contributed by atoms with Crippen LogP contribution in [0.15, 0.2) is 42.5 Å². The predicted molar refractivity (Wildman–Crippen MR) is 90.1 cm³/mol. The molecule has 0 fully saturated rings. The van der Waals surface area contributed by atoms with Gasteiger partial charge in [-0.1, -0.05) is 24.6 Å². The molecule has 0 unspecified atom stereocenters. The number of nitrogens with two attached hydrogens (primary N) is 1. The summed E-state index contributed by atoms with van der Waals surface area (Å²) >= 11 is 0. The van der Waals surface area contributed by atoms with E-state index in [9.17, 15) is 4.79 Å². The minimum atomic E-state index is -0.528. The molecule has 0 radical (unpaired) electrons. The Bertz CT molecular complexity index is 651. The van der Waals surface area contributed by atoms with Crippen LogP contribution in [0.25, 0.3) is 0 Å². The maximum absolute atomic E-state index is 12.4. The number of aryl methyl sites for hydroxylation is 2. The monoisotopic (exact) mass is 298 g/mol. The van der Waals surface area contributed by atoms with E-state index in [4.69, 9.17) is 10.5 Å². The zero-order chi connectivity index (χ0) is 16.1. The largest absolute Gasteiger partial charge is 0.481 e. The molecule has 22 heavy (non-hydrogen) atoms.